The maximum absolute atomic E-state index is 11.3. The van der Waals surface area contributed by atoms with Gasteiger partial charge in [-0.05, 0) is 25.5 Å². The molecule has 2 atom stereocenters. The number of thioether (sulfide) groups is 1. The van der Waals surface area contributed by atoms with Gasteiger partial charge in [-0.25, -0.2) is 0 Å². The van der Waals surface area contributed by atoms with E-state index in [9.17, 15) is 20.2 Å². The fourth-order valence-electron chi connectivity index (χ4n) is 2.22. The zero-order chi connectivity index (χ0) is 17.9. The normalized spacial score (nSPS) is 14.6. The number of nitro groups is 2. The van der Waals surface area contributed by atoms with Gasteiger partial charge in [0.05, 0.1) is 25.6 Å². The third kappa shape index (κ3) is 3.68. The van der Waals surface area contributed by atoms with Crippen molar-refractivity contribution < 1.29 is 9.85 Å². The molecule has 0 fully saturated rings. The summed E-state index contributed by atoms with van der Waals surface area (Å²) in [6.45, 7) is 3.72. The van der Waals surface area contributed by atoms with Crippen molar-refractivity contribution in [3.63, 3.8) is 0 Å². The van der Waals surface area contributed by atoms with Crippen LogP contribution in [-0.2, 0) is 4.75 Å². The number of alkyl halides is 1. The van der Waals surface area contributed by atoms with Crippen LogP contribution in [0.5, 0.6) is 0 Å². The minimum Gasteiger partial charge on any atom is -0.258 e. The first kappa shape index (κ1) is 18.2. The van der Waals surface area contributed by atoms with Crippen molar-refractivity contribution in [3.8, 4) is 0 Å². The highest BCUT2D eigenvalue weighted by molar-refractivity contribution is 8.00. The number of non-ortho nitro benzene ring substituents is 1. The van der Waals surface area contributed by atoms with Crippen LogP contribution in [0.1, 0.15) is 19.4 Å². The van der Waals surface area contributed by atoms with Crippen LogP contribution in [0.4, 0.5) is 11.4 Å². The molecule has 0 N–H and O–H groups in total. The summed E-state index contributed by atoms with van der Waals surface area (Å²) in [6, 6.07) is 13.1. The summed E-state index contributed by atoms with van der Waals surface area (Å²) in [5, 5.41) is 21.8. The Kier molecular flexibility index (Phi) is 5.46. The second-order valence-corrected chi connectivity index (χ2v) is 7.50. The molecule has 0 bridgehead atoms. The molecule has 0 unspecified atom stereocenters. The first-order chi connectivity index (χ1) is 11.3. The standard InChI is InChI=1S/C16H15ClN2O4S/c1-11(17)16(2,12-6-4-3-5-7-12)24-15-9-8-13(18(20)21)10-14(15)19(22)23/h3-11H,1-2H3/t11-,16+/m1/s1. The molecule has 0 saturated carbocycles. The van der Waals surface area contributed by atoms with Gasteiger partial charge in [0.2, 0.25) is 0 Å². The highest BCUT2D eigenvalue weighted by Gasteiger charge is 2.36. The van der Waals surface area contributed by atoms with Gasteiger partial charge in [0, 0.05) is 11.4 Å². The SMILES string of the molecule is C[C@@H](Cl)[C@](C)(Sc1ccc([N+](=O)[O-])cc1[N+](=O)[O-])c1ccccc1. The topological polar surface area (TPSA) is 86.3 Å². The second-order valence-electron chi connectivity index (χ2n) is 5.36. The maximum atomic E-state index is 11.3. The van der Waals surface area contributed by atoms with Gasteiger partial charge < -0.3 is 0 Å². The number of hydrogen-bond donors (Lipinski definition) is 0. The van der Waals surface area contributed by atoms with Crippen LogP contribution >= 0.6 is 23.4 Å². The molecule has 6 nitrogen and oxygen atoms in total. The third-order valence-electron chi connectivity index (χ3n) is 3.78. The molecule has 0 heterocycles. The van der Waals surface area contributed by atoms with E-state index >= 15 is 0 Å². The lowest BCUT2D eigenvalue weighted by molar-refractivity contribution is -0.396. The highest BCUT2D eigenvalue weighted by Crippen LogP contribution is 2.48. The lowest BCUT2D eigenvalue weighted by Crippen LogP contribution is -2.27. The Balaban J connectivity index is 2.51. The summed E-state index contributed by atoms with van der Waals surface area (Å²) >= 11 is 7.62. The maximum Gasteiger partial charge on any atom is 0.289 e. The van der Waals surface area contributed by atoms with Crippen molar-refractivity contribution in [1.82, 2.24) is 0 Å². The average Bonchev–Trinajstić information content (AvgIpc) is 2.55. The van der Waals surface area contributed by atoms with Crippen molar-refractivity contribution in [3.05, 3.63) is 74.3 Å². The molecule has 126 valence electrons. The van der Waals surface area contributed by atoms with E-state index in [1.54, 1.807) is 0 Å². The van der Waals surface area contributed by atoms with Crippen molar-refractivity contribution in [2.75, 3.05) is 0 Å². The van der Waals surface area contributed by atoms with Gasteiger partial charge >= 0.3 is 0 Å². The number of rotatable bonds is 6. The molecule has 2 rings (SSSR count). The summed E-state index contributed by atoms with van der Waals surface area (Å²) < 4.78 is -0.635. The Morgan fingerprint density at radius 1 is 1.08 bits per heavy atom. The molecule has 0 aliphatic carbocycles. The molecule has 0 aliphatic rings. The predicted octanol–water partition coefficient (Wildman–Crippen LogP) is 5.14. The van der Waals surface area contributed by atoms with Gasteiger partial charge in [-0.3, -0.25) is 20.2 Å². The van der Waals surface area contributed by atoms with Crippen molar-refractivity contribution in [1.29, 1.82) is 0 Å². The quantitative estimate of drug-likeness (QED) is 0.306. The van der Waals surface area contributed by atoms with Gasteiger partial charge in [-0.15, -0.1) is 23.4 Å². The van der Waals surface area contributed by atoms with Crippen LogP contribution in [0.3, 0.4) is 0 Å². The lowest BCUT2D eigenvalue weighted by Gasteiger charge is -2.32. The highest BCUT2D eigenvalue weighted by atomic mass is 35.5. The number of halogens is 1. The van der Waals surface area contributed by atoms with E-state index in [0.717, 1.165) is 11.6 Å². The van der Waals surface area contributed by atoms with E-state index in [-0.39, 0.29) is 16.8 Å². The molecule has 2 aromatic rings. The Morgan fingerprint density at radius 2 is 1.71 bits per heavy atom. The van der Waals surface area contributed by atoms with Crippen molar-refractivity contribution in [2.24, 2.45) is 0 Å². The van der Waals surface area contributed by atoms with E-state index in [1.165, 1.54) is 23.9 Å². The molecular formula is C16H15ClN2O4S. The molecule has 0 spiro atoms. The monoisotopic (exact) mass is 366 g/mol. The summed E-state index contributed by atoms with van der Waals surface area (Å²) in [5.74, 6) is 0. The zero-order valence-electron chi connectivity index (χ0n) is 13.0. The predicted molar refractivity (Wildman–Crippen MR) is 94.7 cm³/mol. The summed E-state index contributed by atoms with van der Waals surface area (Å²) in [6.07, 6.45) is 0. The Labute approximate surface area is 148 Å². The minimum absolute atomic E-state index is 0.298. The second kappa shape index (κ2) is 7.19. The van der Waals surface area contributed by atoms with Crippen LogP contribution in [0.15, 0.2) is 53.4 Å². The van der Waals surface area contributed by atoms with Crippen LogP contribution in [0.25, 0.3) is 0 Å². The fourth-order valence-corrected chi connectivity index (χ4v) is 3.72. The Bertz CT molecular complexity index is 770. The summed E-state index contributed by atoms with van der Waals surface area (Å²) in [7, 11) is 0. The molecule has 24 heavy (non-hydrogen) atoms. The smallest absolute Gasteiger partial charge is 0.258 e. The molecule has 0 aliphatic heterocycles. The number of hydrogen-bond acceptors (Lipinski definition) is 5. The fraction of sp³-hybridized carbons (Fsp3) is 0.250. The van der Waals surface area contributed by atoms with Crippen LogP contribution in [0, 0.1) is 20.2 Å². The van der Waals surface area contributed by atoms with E-state index in [2.05, 4.69) is 0 Å². The molecule has 0 radical (unpaired) electrons. The van der Waals surface area contributed by atoms with Gasteiger partial charge in [-0.2, -0.15) is 0 Å². The third-order valence-corrected chi connectivity index (χ3v) is 5.92. The molecule has 2 aromatic carbocycles. The zero-order valence-corrected chi connectivity index (χ0v) is 14.6. The van der Waals surface area contributed by atoms with E-state index in [0.29, 0.717) is 4.90 Å². The van der Waals surface area contributed by atoms with E-state index in [1.807, 2.05) is 44.2 Å². The van der Waals surface area contributed by atoms with Gasteiger partial charge in [0.15, 0.2) is 0 Å². The van der Waals surface area contributed by atoms with Gasteiger partial charge in [0.1, 0.15) is 0 Å². The van der Waals surface area contributed by atoms with Gasteiger partial charge in [-0.1, -0.05) is 30.3 Å². The van der Waals surface area contributed by atoms with Crippen LogP contribution in [0.2, 0.25) is 0 Å². The average molecular weight is 367 g/mol. The molecule has 8 heteroatoms. The summed E-state index contributed by atoms with van der Waals surface area (Å²) in [5.41, 5.74) is 0.310. The number of nitro benzene ring substituents is 2. The summed E-state index contributed by atoms with van der Waals surface area (Å²) in [4.78, 5) is 21.3. The van der Waals surface area contributed by atoms with Crippen LogP contribution in [-0.4, -0.2) is 15.2 Å². The first-order valence-electron chi connectivity index (χ1n) is 7.07. The Morgan fingerprint density at radius 3 is 2.21 bits per heavy atom. The molecule has 0 aromatic heterocycles. The molecule has 0 saturated heterocycles. The lowest BCUT2D eigenvalue weighted by atomic mass is 9.97. The van der Waals surface area contributed by atoms with Crippen LogP contribution < -0.4 is 0 Å². The van der Waals surface area contributed by atoms with E-state index in [4.69, 9.17) is 11.6 Å². The Hall–Kier alpha value is -2.12. The van der Waals surface area contributed by atoms with Crippen molar-refractivity contribution >= 4 is 34.7 Å². The van der Waals surface area contributed by atoms with Gasteiger partial charge in [0.25, 0.3) is 11.4 Å². The largest absolute Gasteiger partial charge is 0.289 e. The number of nitrogens with zero attached hydrogens (tertiary/aromatic N) is 2. The molecule has 0 amide bonds. The van der Waals surface area contributed by atoms with Crippen molar-refractivity contribution in [2.45, 2.75) is 28.9 Å². The minimum atomic E-state index is -0.651. The first-order valence-corrected chi connectivity index (χ1v) is 8.32. The number of benzene rings is 2. The van der Waals surface area contributed by atoms with E-state index < -0.39 is 14.6 Å². The molecular weight excluding hydrogens is 352 g/mol.